The van der Waals surface area contributed by atoms with Gasteiger partial charge >= 0.3 is 5.97 Å². The van der Waals surface area contributed by atoms with Crippen LogP contribution in [0.25, 0.3) is 0 Å². The number of nitrogens with zero attached hydrogens (tertiary/aromatic N) is 2. The summed E-state index contributed by atoms with van der Waals surface area (Å²) in [6.45, 7) is 5.25. The number of aliphatic carboxylic acids is 1. The number of benzene rings is 2. The molecule has 2 atom stereocenters. The largest absolute Gasteiger partial charge is 0.480 e. The quantitative estimate of drug-likeness (QED) is 0.884. The van der Waals surface area contributed by atoms with Crippen molar-refractivity contribution in [1.29, 1.82) is 0 Å². The summed E-state index contributed by atoms with van der Waals surface area (Å²) in [6.07, 6.45) is -0.686. The van der Waals surface area contributed by atoms with E-state index in [1.807, 2.05) is 32.9 Å². The Labute approximate surface area is 164 Å². The normalized spacial score (nSPS) is 19.8. The first-order valence-corrected chi connectivity index (χ1v) is 9.16. The second-order valence-electron chi connectivity index (χ2n) is 7.99. The Balaban J connectivity index is 2.16. The van der Waals surface area contributed by atoms with Crippen LogP contribution in [0.2, 0.25) is 0 Å². The lowest BCUT2D eigenvalue weighted by Crippen LogP contribution is -2.51. The van der Waals surface area contributed by atoms with E-state index in [1.165, 1.54) is 9.80 Å². The first-order valence-electron chi connectivity index (χ1n) is 9.16. The molecule has 3 rings (SSSR count). The Morgan fingerprint density at radius 1 is 0.964 bits per heavy atom. The number of amides is 2. The molecule has 2 amide bonds. The van der Waals surface area contributed by atoms with Gasteiger partial charge in [0, 0.05) is 11.0 Å². The van der Waals surface area contributed by atoms with Gasteiger partial charge in [-0.05, 0) is 17.7 Å². The lowest BCUT2D eigenvalue weighted by Gasteiger charge is -2.39. The highest BCUT2D eigenvalue weighted by Gasteiger charge is 2.53. The number of hydrogen-bond donors (Lipinski definition) is 1. The number of carboxylic acid groups (broad SMARTS) is 1. The van der Waals surface area contributed by atoms with Crippen LogP contribution >= 0.6 is 0 Å². The molecule has 6 nitrogen and oxygen atoms in total. The van der Waals surface area contributed by atoms with Gasteiger partial charge in [-0.1, -0.05) is 69.3 Å². The number of carboxylic acids is 1. The molecule has 28 heavy (non-hydrogen) atoms. The van der Waals surface area contributed by atoms with Crippen LogP contribution in [0.4, 0.5) is 0 Å². The summed E-state index contributed by atoms with van der Waals surface area (Å²) < 4.78 is 0. The summed E-state index contributed by atoms with van der Waals surface area (Å²) >= 11 is 0. The summed E-state index contributed by atoms with van der Waals surface area (Å²) in [7, 11) is 0. The molecule has 2 aromatic rings. The Morgan fingerprint density at radius 2 is 1.50 bits per heavy atom. The third kappa shape index (κ3) is 3.63. The molecular weight excluding hydrogens is 356 g/mol. The van der Waals surface area contributed by atoms with Gasteiger partial charge in [-0.2, -0.15) is 0 Å². The van der Waals surface area contributed by atoms with E-state index in [0.29, 0.717) is 11.1 Å². The van der Waals surface area contributed by atoms with Gasteiger partial charge in [-0.25, -0.2) is 0 Å². The summed E-state index contributed by atoms with van der Waals surface area (Å²) in [5.41, 5.74) is 0.584. The van der Waals surface area contributed by atoms with Crippen molar-refractivity contribution in [3.63, 3.8) is 0 Å². The summed E-state index contributed by atoms with van der Waals surface area (Å²) in [6, 6.07) is 16.9. The molecule has 0 aromatic heterocycles. The minimum atomic E-state index is -1.11. The van der Waals surface area contributed by atoms with Crippen LogP contribution in [-0.2, 0) is 9.59 Å². The van der Waals surface area contributed by atoms with E-state index in [9.17, 15) is 19.5 Å². The molecule has 1 saturated heterocycles. The van der Waals surface area contributed by atoms with Gasteiger partial charge in [0.15, 0.2) is 0 Å². The van der Waals surface area contributed by atoms with Gasteiger partial charge in [-0.15, -0.1) is 0 Å². The van der Waals surface area contributed by atoms with Crippen molar-refractivity contribution in [2.75, 3.05) is 6.54 Å². The average Bonchev–Trinajstić information content (AvgIpc) is 2.94. The highest BCUT2D eigenvalue weighted by Crippen LogP contribution is 2.42. The second kappa shape index (κ2) is 7.46. The number of hydrogen-bond acceptors (Lipinski definition) is 3. The Hall–Kier alpha value is -3.15. The SMILES string of the molecule is CC(C)(C)C1N(CC(=O)O)C(=O)C(c2ccccc2)N1C(=O)c1ccccc1. The molecule has 1 N–H and O–H groups in total. The van der Waals surface area contributed by atoms with E-state index in [2.05, 4.69) is 0 Å². The predicted molar refractivity (Wildman–Crippen MR) is 104 cm³/mol. The van der Waals surface area contributed by atoms with E-state index in [0.717, 1.165) is 0 Å². The molecule has 146 valence electrons. The molecule has 0 radical (unpaired) electrons. The van der Waals surface area contributed by atoms with Gasteiger partial charge in [0.25, 0.3) is 11.8 Å². The van der Waals surface area contributed by atoms with Crippen molar-refractivity contribution >= 4 is 17.8 Å². The average molecular weight is 380 g/mol. The van der Waals surface area contributed by atoms with Gasteiger partial charge in [0.05, 0.1) is 0 Å². The third-order valence-electron chi connectivity index (χ3n) is 4.80. The topological polar surface area (TPSA) is 77.9 Å². The van der Waals surface area contributed by atoms with Crippen LogP contribution in [0.15, 0.2) is 60.7 Å². The fourth-order valence-corrected chi connectivity index (χ4v) is 3.78. The fraction of sp³-hybridized carbons (Fsp3) is 0.318. The maximum absolute atomic E-state index is 13.5. The highest BCUT2D eigenvalue weighted by atomic mass is 16.4. The van der Waals surface area contributed by atoms with E-state index in [1.54, 1.807) is 48.5 Å². The van der Waals surface area contributed by atoms with E-state index in [-0.39, 0.29) is 11.8 Å². The van der Waals surface area contributed by atoms with Crippen LogP contribution in [0.1, 0.15) is 42.7 Å². The Morgan fingerprint density at radius 3 is 2.00 bits per heavy atom. The molecule has 2 unspecified atom stereocenters. The minimum absolute atomic E-state index is 0.296. The number of carbonyl (C=O) groups is 3. The van der Waals surface area contributed by atoms with Crippen molar-refractivity contribution in [2.45, 2.75) is 33.0 Å². The lowest BCUT2D eigenvalue weighted by molar-refractivity contribution is -0.145. The lowest BCUT2D eigenvalue weighted by atomic mass is 9.90. The van der Waals surface area contributed by atoms with Gasteiger partial charge in [0.2, 0.25) is 0 Å². The molecule has 0 spiro atoms. The fourth-order valence-electron chi connectivity index (χ4n) is 3.78. The molecule has 1 aliphatic rings. The van der Waals surface area contributed by atoms with Crippen molar-refractivity contribution in [1.82, 2.24) is 9.80 Å². The highest BCUT2D eigenvalue weighted by molar-refractivity contribution is 6.00. The van der Waals surface area contributed by atoms with Crippen molar-refractivity contribution in [3.05, 3.63) is 71.8 Å². The van der Waals surface area contributed by atoms with Crippen molar-refractivity contribution < 1.29 is 19.5 Å². The Kier molecular flexibility index (Phi) is 5.23. The Bertz CT molecular complexity index is 874. The van der Waals surface area contributed by atoms with E-state index >= 15 is 0 Å². The van der Waals surface area contributed by atoms with E-state index < -0.39 is 30.1 Å². The standard InChI is InChI=1S/C22H24N2O4/c1-22(2,3)21-23(14-17(25)26)20(28)18(15-10-6-4-7-11-15)24(21)19(27)16-12-8-5-9-13-16/h4-13,18,21H,14H2,1-3H3,(H,25,26). The van der Waals surface area contributed by atoms with Crippen LogP contribution in [0.3, 0.4) is 0 Å². The van der Waals surface area contributed by atoms with Crippen LogP contribution in [-0.4, -0.2) is 45.4 Å². The van der Waals surface area contributed by atoms with Gasteiger partial charge < -0.3 is 14.9 Å². The smallest absolute Gasteiger partial charge is 0.323 e. The molecular formula is C22H24N2O4. The maximum Gasteiger partial charge on any atom is 0.323 e. The minimum Gasteiger partial charge on any atom is -0.480 e. The van der Waals surface area contributed by atoms with Crippen molar-refractivity contribution in [2.24, 2.45) is 5.41 Å². The van der Waals surface area contributed by atoms with E-state index in [4.69, 9.17) is 0 Å². The first-order chi connectivity index (χ1) is 13.2. The molecule has 1 fully saturated rings. The first kappa shape index (κ1) is 19.6. The van der Waals surface area contributed by atoms with Crippen LogP contribution in [0, 0.1) is 5.41 Å². The zero-order valence-electron chi connectivity index (χ0n) is 16.2. The summed E-state index contributed by atoms with van der Waals surface area (Å²) in [5.74, 6) is -1.78. The third-order valence-corrected chi connectivity index (χ3v) is 4.80. The zero-order valence-corrected chi connectivity index (χ0v) is 16.2. The van der Waals surface area contributed by atoms with Crippen LogP contribution in [0.5, 0.6) is 0 Å². The summed E-state index contributed by atoms with van der Waals surface area (Å²) in [5, 5.41) is 9.38. The summed E-state index contributed by atoms with van der Waals surface area (Å²) in [4.78, 5) is 41.1. The number of rotatable bonds is 4. The molecule has 0 bridgehead atoms. The van der Waals surface area contributed by atoms with Gasteiger partial charge in [-0.3, -0.25) is 14.4 Å². The molecule has 1 aliphatic heterocycles. The molecule has 2 aromatic carbocycles. The monoisotopic (exact) mass is 380 g/mol. The molecule has 6 heteroatoms. The zero-order chi connectivity index (χ0) is 20.5. The molecule has 1 heterocycles. The number of carbonyl (C=O) groups excluding carboxylic acids is 2. The predicted octanol–water partition coefficient (Wildman–Crippen LogP) is 3.17. The molecule has 0 saturated carbocycles. The van der Waals surface area contributed by atoms with Crippen molar-refractivity contribution in [3.8, 4) is 0 Å². The second-order valence-corrected chi connectivity index (χ2v) is 7.99. The molecule has 0 aliphatic carbocycles. The van der Waals surface area contributed by atoms with Gasteiger partial charge in [0.1, 0.15) is 18.8 Å². The maximum atomic E-state index is 13.5. The van der Waals surface area contributed by atoms with Crippen LogP contribution < -0.4 is 0 Å².